The van der Waals surface area contributed by atoms with Crippen LogP contribution in [0.1, 0.15) is 23.7 Å². The van der Waals surface area contributed by atoms with Gasteiger partial charge in [0, 0.05) is 25.4 Å². The molecule has 3 nitrogen and oxygen atoms in total. The summed E-state index contributed by atoms with van der Waals surface area (Å²) in [5.74, 6) is 1.54. The van der Waals surface area contributed by atoms with Gasteiger partial charge in [-0.05, 0) is 46.3 Å². The van der Waals surface area contributed by atoms with Crippen molar-refractivity contribution < 1.29 is 4.79 Å². The summed E-state index contributed by atoms with van der Waals surface area (Å²) in [6.45, 7) is 3.09. The van der Waals surface area contributed by atoms with Gasteiger partial charge in [0.1, 0.15) is 4.60 Å². The molecule has 0 aliphatic heterocycles. The van der Waals surface area contributed by atoms with E-state index >= 15 is 0 Å². The second kappa shape index (κ2) is 4.53. The van der Waals surface area contributed by atoms with Crippen molar-refractivity contribution in [2.45, 2.75) is 13.3 Å². The third-order valence-corrected chi connectivity index (χ3v) is 3.54. The largest absolute Gasteiger partial charge is 0.341 e. The Bertz CT molecular complexity index is 408. The van der Waals surface area contributed by atoms with E-state index < -0.39 is 0 Å². The molecule has 1 aromatic rings. The van der Waals surface area contributed by atoms with Crippen LogP contribution in [-0.4, -0.2) is 29.4 Å². The van der Waals surface area contributed by atoms with Crippen LogP contribution in [0.4, 0.5) is 0 Å². The first-order chi connectivity index (χ1) is 7.58. The number of pyridine rings is 1. The van der Waals surface area contributed by atoms with Crippen LogP contribution in [0.15, 0.2) is 22.9 Å². The molecule has 1 saturated carbocycles. The Labute approximate surface area is 104 Å². The van der Waals surface area contributed by atoms with Gasteiger partial charge < -0.3 is 4.90 Å². The summed E-state index contributed by atoms with van der Waals surface area (Å²) >= 11 is 3.27. The molecule has 0 N–H and O–H groups in total. The maximum absolute atomic E-state index is 12.0. The van der Waals surface area contributed by atoms with Gasteiger partial charge in [-0.2, -0.15) is 0 Å². The Hall–Kier alpha value is -0.900. The molecule has 2 rings (SSSR count). The van der Waals surface area contributed by atoms with Crippen molar-refractivity contribution in [1.82, 2.24) is 9.88 Å². The highest BCUT2D eigenvalue weighted by molar-refractivity contribution is 9.10. The predicted molar refractivity (Wildman–Crippen MR) is 66.2 cm³/mol. The molecule has 0 aromatic carbocycles. The van der Waals surface area contributed by atoms with Gasteiger partial charge in [0.25, 0.3) is 5.91 Å². The van der Waals surface area contributed by atoms with E-state index in [1.807, 2.05) is 7.05 Å². The molecular weight excluding hydrogens is 268 g/mol. The molecule has 0 radical (unpaired) electrons. The van der Waals surface area contributed by atoms with Gasteiger partial charge in [-0.3, -0.25) is 4.79 Å². The van der Waals surface area contributed by atoms with Gasteiger partial charge in [-0.1, -0.05) is 6.92 Å². The van der Waals surface area contributed by atoms with Gasteiger partial charge in [-0.15, -0.1) is 0 Å². The molecular formula is C12H15BrN2O. The van der Waals surface area contributed by atoms with Crippen molar-refractivity contribution in [2.24, 2.45) is 11.8 Å². The van der Waals surface area contributed by atoms with Crippen molar-refractivity contribution >= 4 is 21.8 Å². The fraction of sp³-hybridized carbons (Fsp3) is 0.500. The lowest BCUT2D eigenvalue weighted by atomic mass is 10.2. The third kappa shape index (κ3) is 2.61. The lowest BCUT2D eigenvalue weighted by Gasteiger charge is -2.17. The van der Waals surface area contributed by atoms with Gasteiger partial charge in [0.05, 0.1) is 0 Å². The normalized spacial score (nSPS) is 22.9. The maximum atomic E-state index is 12.0. The molecule has 86 valence electrons. The number of carbonyl (C=O) groups is 1. The molecule has 0 saturated heterocycles. The zero-order chi connectivity index (χ0) is 11.7. The Morgan fingerprint density at radius 2 is 2.38 bits per heavy atom. The summed E-state index contributed by atoms with van der Waals surface area (Å²) in [4.78, 5) is 17.9. The van der Waals surface area contributed by atoms with E-state index in [0.29, 0.717) is 16.1 Å². The summed E-state index contributed by atoms with van der Waals surface area (Å²) in [5, 5.41) is 0. The quantitative estimate of drug-likeness (QED) is 0.799. The molecule has 1 aliphatic rings. The standard InChI is InChI=1S/C12H15BrN2O/c1-8-5-10(8)7-15(2)12(16)9-3-4-14-11(13)6-9/h3-4,6,8,10H,5,7H2,1-2H3. The molecule has 0 bridgehead atoms. The van der Waals surface area contributed by atoms with Crippen LogP contribution in [0.3, 0.4) is 0 Å². The third-order valence-electron chi connectivity index (χ3n) is 3.10. The first-order valence-corrected chi connectivity index (χ1v) is 6.24. The highest BCUT2D eigenvalue weighted by Crippen LogP contribution is 2.38. The number of nitrogens with zero attached hydrogens (tertiary/aromatic N) is 2. The van der Waals surface area contributed by atoms with Crippen molar-refractivity contribution in [3.05, 3.63) is 28.5 Å². The summed E-state index contributed by atoms with van der Waals surface area (Å²) in [6.07, 6.45) is 2.89. The molecule has 2 unspecified atom stereocenters. The fourth-order valence-corrected chi connectivity index (χ4v) is 2.21. The van der Waals surface area contributed by atoms with E-state index in [-0.39, 0.29) is 5.91 Å². The number of hydrogen-bond donors (Lipinski definition) is 0. The molecule has 1 aliphatic carbocycles. The van der Waals surface area contributed by atoms with Crippen molar-refractivity contribution in [3.8, 4) is 0 Å². The molecule has 1 aromatic heterocycles. The minimum Gasteiger partial charge on any atom is -0.341 e. The first-order valence-electron chi connectivity index (χ1n) is 5.45. The average Bonchev–Trinajstić information content (AvgIpc) is 2.93. The van der Waals surface area contributed by atoms with Gasteiger partial charge in [0.2, 0.25) is 0 Å². The highest BCUT2D eigenvalue weighted by atomic mass is 79.9. The molecule has 4 heteroatoms. The van der Waals surface area contributed by atoms with Crippen molar-refractivity contribution in [3.63, 3.8) is 0 Å². The molecule has 1 heterocycles. The molecule has 1 amide bonds. The van der Waals surface area contributed by atoms with E-state index in [1.54, 1.807) is 23.2 Å². The zero-order valence-corrected chi connectivity index (χ0v) is 11.1. The van der Waals surface area contributed by atoms with Gasteiger partial charge in [-0.25, -0.2) is 4.98 Å². The minimum atomic E-state index is 0.0715. The second-order valence-electron chi connectivity index (χ2n) is 4.53. The summed E-state index contributed by atoms with van der Waals surface area (Å²) < 4.78 is 0.700. The Morgan fingerprint density at radius 3 is 2.94 bits per heavy atom. The number of amides is 1. The van der Waals surface area contributed by atoms with Crippen LogP contribution in [0.25, 0.3) is 0 Å². The van der Waals surface area contributed by atoms with Gasteiger partial charge >= 0.3 is 0 Å². The van der Waals surface area contributed by atoms with E-state index in [1.165, 1.54) is 6.42 Å². The number of carbonyl (C=O) groups excluding carboxylic acids is 1. The molecule has 16 heavy (non-hydrogen) atoms. The number of aromatic nitrogens is 1. The maximum Gasteiger partial charge on any atom is 0.253 e. The molecule has 2 atom stereocenters. The first kappa shape index (κ1) is 11.6. The molecule has 1 fully saturated rings. The fourth-order valence-electron chi connectivity index (χ4n) is 1.84. The Balaban J connectivity index is 2.01. The van der Waals surface area contributed by atoms with E-state index in [0.717, 1.165) is 12.5 Å². The Kier molecular flexibility index (Phi) is 3.28. The number of hydrogen-bond acceptors (Lipinski definition) is 2. The summed E-state index contributed by atoms with van der Waals surface area (Å²) in [5.41, 5.74) is 0.692. The lowest BCUT2D eigenvalue weighted by molar-refractivity contribution is 0.0787. The van der Waals surface area contributed by atoms with Crippen LogP contribution >= 0.6 is 15.9 Å². The van der Waals surface area contributed by atoms with Crippen molar-refractivity contribution in [2.75, 3.05) is 13.6 Å². The monoisotopic (exact) mass is 282 g/mol. The van der Waals surface area contributed by atoms with Crippen LogP contribution in [-0.2, 0) is 0 Å². The number of halogens is 1. The van der Waals surface area contributed by atoms with Crippen LogP contribution in [0.5, 0.6) is 0 Å². The number of rotatable bonds is 3. The lowest BCUT2D eigenvalue weighted by Crippen LogP contribution is -2.29. The minimum absolute atomic E-state index is 0.0715. The Morgan fingerprint density at radius 1 is 1.69 bits per heavy atom. The summed E-state index contributed by atoms with van der Waals surface area (Å²) in [6, 6.07) is 3.51. The van der Waals surface area contributed by atoms with Crippen molar-refractivity contribution in [1.29, 1.82) is 0 Å². The topological polar surface area (TPSA) is 33.2 Å². The van der Waals surface area contributed by atoms with E-state index in [9.17, 15) is 4.79 Å². The van der Waals surface area contributed by atoms with Crippen LogP contribution < -0.4 is 0 Å². The van der Waals surface area contributed by atoms with Crippen LogP contribution in [0, 0.1) is 11.8 Å². The molecule has 0 spiro atoms. The zero-order valence-electron chi connectivity index (χ0n) is 9.48. The van der Waals surface area contributed by atoms with E-state index in [4.69, 9.17) is 0 Å². The smallest absolute Gasteiger partial charge is 0.253 e. The SMILES string of the molecule is CC1CC1CN(C)C(=O)c1ccnc(Br)c1. The average molecular weight is 283 g/mol. The highest BCUT2D eigenvalue weighted by Gasteiger charge is 2.34. The van der Waals surface area contributed by atoms with E-state index in [2.05, 4.69) is 27.8 Å². The predicted octanol–water partition coefficient (Wildman–Crippen LogP) is 2.57. The second-order valence-corrected chi connectivity index (χ2v) is 5.34. The summed E-state index contributed by atoms with van der Waals surface area (Å²) in [7, 11) is 1.86. The van der Waals surface area contributed by atoms with Gasteiger partial charge in [0.15, 0.2) is 0 Å². The van der Waals surface area contributed by atoms with Crippen LogP contribution in [0.2, 0.25) is 0 Å².